The maximum absolute atomic E-state index is 13.3. The SMILES string of the molecule is O=C(/C=C/c1ccccc1F)Nc1ccc(C(=O)O)cn1. The van der Waals surface area contributed by atoms with Gasteiger partial charge in [0, 0.05) is 17.8 Å². The summed E-state index contributed by atoms with van der Waals surface area (Å²) in [5.41, 5.74) is 0.316. The molecule has 5 nitrogen and oxygen atoms in total. The van der Waals surface area contributed by atoms with Gasteiger partial charge in [0.15, 0.2) is 0 Å². The third kappa shape index (κ3) is 3.97. The Morgan fingerprint density at radius 2 is 1.95 bits per heavy atom. The summed E-state index contributed by atoms with van der Waals surface area (Å²) in [6, 6.07) is 8.75. The largest absolute Gasteiger partial charge is 0.478 e. The van der Waals surface area contributed by atoms with Gasteiger partial charge in [-0.05, 0) is 24.3 Å². The summed E-state index contributed by atoms with van der Waals surface area (Å²) >= 11 is 0. The van der Waals surface area contributed by atoms with E-state index in [1.54, 1.807) is 18.2 Å². The van der Waals surface area contributed by atoms with Gasteiger partial charge in [0.05, 0.1) is 5.56 Å². The van der Waals surface area contributed by atoms with Crippen LogP contribution in [-0.2, 0) is 4.79 Å². The van der Waals surface area contributed by atoms with Crippen molar-refractivity contribution in [1.82, 2.24) is 4.98 Å². The molecule has 1 heterocycles. The lowest BCUT2D eigenvalue weighted by atomic mass is 10.2. The van der Waals surface area contributed by atoms with Crippen LogP contribution in [0.2, 0.25) is 0 Å². The van der Waals surface area contributed by atoms with E-state index in [-0.39, 0.29) is 11.4 Å². The molecule has 0 aliphatic rings. The normalized spacial score (nSPS) is 10.5. The van der Waals surface area contributed by atoms with Gasteiger partial charge >= 0.3 is 5.97 Å². The van der Waals surface area contributed by atoms with Crippen molar-refractivity contribution in [3.63, 3.8) is 0 Å². The number of hydrogen-bond donors (Lipinski definition) is 2. The Labute approximate surface area is 119 Å². The number of benzene rings is 1. The van der Waals surface area contributed by atoms with Crippen LogP contribution in [0.1, 0.15) is 15.9 Å². The molecule has 6 heteroatoms. The van der Waals surface area contributed by atoms with Crippen LogP contribution in [0.3, 0.4) is 0 Å². The number of anilines is 1. The van der Waals surface area contributed by atoms with Gasteiger partial charge in [-0.1, -0.05) is 18.2 Å². The van der Waals surface area contributed by atoms with Gasteiger partial charge in [-0.15, -0.1) is 0 Å². The molecule has 0 aliphatic heterocycles. The van der Waals surface area contributed by atoms with Crippen LogP contribution >= 0.6 is 0 Å². The number of nitrogens with zero attached hydrogens (tertiary/aromatic N) is 1. The number of rotatable bonds is 4. The lowest BCUT2D eigenvalue weighted by Crippen LogP contribution is -2.09. The Bertz CT molecular complexity index is 696. The quantitative estimate of drug-likeness (QED) is 0.847. The van der Waals surface area contributed by atoms with E-state index in [4.69, 9.17) is 5.11 Å². The molecule has 21 heavy (non-hydrogen) atoms. The highest BCUT2D eigenvalue weighted by molar-refractivity contribution is 6.01. The van der Waals surface area contributed by atoms with Crippen molar-refractivity contribution < 1.29 is 19.1 Å². The molecule has 0 aliphatic carbocycles. The first kappa shape index (κ1) is 14.4. The van der Waals surface area contributed by atoms with Crippen molar-refractivity contribution in [2.45, 2.75) is 0 Å². The second-order valence-electron chi connectivity index (χ2n) is 4.08. The minimum atomic E-state index is -1.10. The maximum Gasteiger partial charge on any atom is 0.337 e. The highest BCUT2D eigenvalue weighted by Crippen LogP contribution is 2.09. The molecular formula is C15H11FN2O3. The number of nitrogens with one attached hydrogen (secondary N) is 1. The molecule has 106 valence electrons. The van der Waals surface area contributed by atoms with Gasteiger partial charge in [0.2, 0.25) is 5.91 Å². The number of carbonyl (C=O) groups is 2. The lowest BCUT2D eigenvalue weighted by Gasteiger charge is -2.01. The van der Waals surface area contributed by atoms with Crippen molar-refractivity contribution >= 4 is 23.8 Å². The van der Waals surface area contributed by atoms with Crippen molar-refractivity contribution in [2.75, 3.05) is 5.32 Å². The highest BCUT2D eigenvalue weighted by atomic mass is 19.1. The first-order valence-corrected chi connectivity index (χ1v) is 5.99. The van der Waals surface area contributed by atoms with E-state index in [0.29, 0.717) is 5.56 Å². The molecular weight excluding hydrogens is 275 g/mol. The topological polar surface area (TPSA) is 79.3 Å². The van der Waals surface area contributed by atoms with E-state index in [1.165, 1.54) is 30.4 Å². The second-order valence-corrected chi connectivity index (χ2v) is 4.08. The average molecular weight is 286 g/mol. The smallest absolute Gasteiger partial charge is 0.337 e. The summed E-state index contributed by atoms with van der Waals surface area (Å²) < 4.78 is 13.3. The van der Waals surface area contributed by atoms with Gasteiger partial charge < -0.3 is 10.4 Å². The Morgan fingerprint density at radius 3 is 2.57 bits per heavy atom. The number of aromatic carboxylic acids is 1. The van der Waals surface area contributed by atoms with Crippen molar-refractivity contribution in [3.05, 3.63) is 65.6 Å². The van der Waals surface area contributed by atoms with E-state index in [0.717, 1.165) is 6.20 Å². The van der Waals surface area contributed by atoms with E-state index in [1.807, 2.05) is 0 Å². The molecule has 0 radical (unpaired) electrons. The van der Waals surface area contributed by atoms with Gasteiger partial charge in [0.1, 0.15) is 11.6 Å². The minimum absolute atomic E-state index is 0.0231. The summed E-state index contributed by atoms with van der Waals surface area (Å²) in [7, 11) is 0. The highest BCUT2D eigenvalue weighted by Gasteiger charge is 2.04. The standard InChI is InChI=1S/C15H11FN2O3/c16-12-4-2-1-3-10(12)6-8-14(19)18-13-7-5-11(9-17-13)15(20)21/h1-9H,(H,20,21)(H,17,18,19)/b8-6+. The van der Waals surface area contributed by atoms with Gasteiger partial charge in [0.25, 0.3) is 0 Å². The fraction of sp³-hybridized carbons (Fsp3) is 0. The molecule has 0 atom stereocenters. The van der Waals surface area contributed by atoms with Crippen LogP contribution in [0, 0.1) is 5.82 Å². The van der Waals surface area contributed by atoms with Crippen molar-refractivity contribution in [1.29, 1.82) is 0 Å². The molecule has 0 spiro atoms. The predicted octanol–water partition coefficient (Wildman–Crippen LogP) is 2.57. The Morgan fingerprint density at radius 1 is 1.19 bits per heavy atom. The molecule has 1 aromatic heterocycles. The summed E-state index contributed by atoms with van der Waals surface area (Å²) in [4.78, 5) is 26.1. The fourth-order valence-electron chi connectivity index (χ4n) is 1.54. The van der Waals surface area contributed by atoms with E-state index < -0.39 is 17.7 Å². The molecule has 1 aromatic carbocycles. The van der Waals surface area contributed by atoms with Crippen LogP contribution in [0.4, 0.5) is 10.2 Å². The van der Waals surface area contributed by atoms with Crippen molar-refractivity contribution in [2.24, 2.45) is 0 Å². The summed E-state index contributed by atoms with van der Waals surface area (Å²) in [6.07, 6.45) is 3.65. The number of halogens is 1. The monoisotopic (exact) mass is 286 g/mol. The van der Waals surface area contributed by atoms with Gasteiger partial charge in [-0.2, -0.15) is 0 Å². The molecule has 2 rings (SSSR count). The van der Waals surface area contributed by atoms with Crippen LogP contribution in [0.25, 0.3) is 6.08 Å². The first-order valence-electron chi connectivity index (χ1n) is 5.99. The number of carboxylic acid groups (broad SMARTS) is 1. The fourth-order valence-corrected chi connectivity index (χ4v) is 1.54. The summed E-state index contributed by atoms with van der Waals surface area (Å²) in [5.74, 6) is -1.80. The molecule has 2 aromatic rings. The molecule has 0 bridgehead atoms. The van der Waals surface area contributed by atoms with Crippen LogP contribution < -0.4 is 5.32 Å². The number of hydrogen-bond acceptors (Lipinski definition) is 3. The first-order chi connectivity index (χ1) is 10.1. The third-order valence-corrected chi connectivity index (χ3v) is 2.58. The number of aromatic nitrogens is 1. The van der Waals surface area contributed by atoms with E-state index >= 15 is 0 Å². The number of carbonyl (C=O) groups excluding carboxylic acids is 1. The zero-order valence-corrected chi connectivity index (χ0v) is 10.8. The van der Waals surface area contributed by atoms with Crippen LogP contribution in [-0.4, -0.2) is 22.0 Å². The Hall–Kier alpha value is -3.02. The van der Waals surface area contributed by atoms with Gasteiger partial charge in [-0.3, -0.25) is 4.79 Å². The average Bonchev–Trinajstić information content (AvgIpc) is 2.47. The lowest BCUT2D eigenvalue weighted by molar-refractivity contribution is -0.111. The summed E-state index contributed by atoms with van der Waals surface area (Å²) in [5, 5.41) is 11.2. The molecule has 0 unspecified atom stereocenters. The zero-order valence-electron chi connectivity index (χ0n) is 10.8. The number of carboxylic acids is 1. The van der Waals surface area contributed by atoms with E-state index in [9.17, 15) is 14.0 Å². The maximum atomic E-state index is 13.3. The Kier molecular flexibility index (Phi) is 4.40. The van der Waals surface area contributed by atoms with E-state index in [2.05, 4.69) is 10.3 Å². The Balaban J connectivity index is 2.02. The molecule has 0 saturated carbocycles. The second kappa shape index (κ2) is 6.42. The number of amides is 1. The third-order valence-electron chi connectivity index (χ3n) is 2.58. The number of pyridine rings is 1. The molecule has 1 amide bonds. The molecule has 2 N–H and O–H groups in total. The van der Waals surface area contributed by atoms with Crippen LogP contribution in [0.15, 0.2) is 48.7 Å². The molecule has 0 saturated heterocycles. The zero-order chi connectivity index (χ0) is 15.2. The summed E-state index contributed by atoms with van der Waals surface area (Å²) in [6.45, 7) is 0. The van der Waals surface area contributed by atoms with Crippen molar-refractivity contribution in [3.8, 4) is 0 Å². The minimum Gasteiger partial charge on any atom is -0.478 e. The van der Waals surface area contributed by atoms with Crippen LogP contribution in [0.5, 0.6) is 0 Å². The van der Waals surface area contributed by atoms with Gasteiger partial charge in [-0.25, -0.2) is 14.2 Å². The molecule has 0 fully saturated rings. The predicted molar refractivity (Wildman–Crippen MR) is 75.3 cm³/mol.